The number of nitrogens with one attached hydrogen (secondary N) is 2. The number of methoxy groups -OCH3 is 1. The molecular formula is C19H24N2O2. The van der Waals surface area contributed by atoms with E-state index in [1.54, 1.807) is 13.2 Å². The quantitative estimate of drug-likeness (QED) is 0.848. The van der Waals surface area contributed by atoms with Crippen molar-refractivity contribution in [1.82, 2.24) is 5.32 Å². The molecule has 2 N–H and O–H groups in total. The van der Waals surface area contributed by atoms with E-state index in [0.717, 1.165) is 12.0 Å². The Morgan fingerprint density at radius 1 is 1.17 bits per heavy atom. The lowest BCUT2D eigenvalue weighted by Crippen LogP contribution is -2.32. The van der Waals surface area contributed by atoms with E-state index in [2.05, 4.69) is 49.6 Å². The number of rotatable bonds is 5. The molecule has 4 heteroatoms. The summed E-state index contributed by atoms with van der Waals surface area (Å²) in [5, 5.41) is 5.89. The summed E-state index contributed by atoms with van der Waals surface area (Å²) < 4.78 is 5.16. The van der Waals surface area contributed by atoms with Crippen LogP contribution in [0.4, 0.5) is 10.5 Å². The van der Waals surface area contributed by atoms with Crippen molar-refractivity contribution < 1.29 is 9.53 Å². The largest absolute Gasteiger partial charge is 0.497 e. The average molecular weight is 312 g/mol. The van der Waals surface area contributed by atoms with Crippen LogP contribution < -0.4 is 15.4 Å². The van der Waals surface area contributed by atoms with E-state index < -0.39 is 0 Å². The van der Waals surface area contributed by atoms with Gasteiger partial charge in [0.1, 0.15) is 5.75 Å². The molecule has 1 atom stereocenters. The highest BCUT2D eigenvalue weighted by molar-refractivity contribution is 5.89. The lowest BCUT2D eigenvalue weighted by atomic mass is 9.98. The Bertz CT molecular complexity index is 683. The molecule has 0 fully saturated rings. The van der Waals surface area contributed by atoms with E-state index >= 15 is 0 Å². The van der Waals surface area contributed by atoms with Gasteiger partial charge in [0.25, 0.3) is 0 Å². The molecule has 122 valence electrons. The topological polar surface area (TPSA) is 50.4 Å². The maximum Gasteiger partial charge on any atom is 0.319 e. The van der Waals surface area contributed by atoms with Crippen molar-refractivity contribution in [2.45, 2.75) is 33.2 Å². The Morgan fingerprint density at radius 3 is 2.61 bits per heavy atom. The summed E-state index contributed by atoms with van der Waals surface area (Å²) >= 11 is 0. The number of benzene rings is 2. The third-order valence-corrected chi connectivity index (χ3v) is 3.84. The molecule has 0 aliphatic rings. The van der Waals surface area contributed by atoms with Gasteiger partial charge in [0.15, 0.2) is 0 Å². The molecule has 0 aromatic heterocycles. The summed E-state index contributed by atoms with van der Waals surface area (Å²) in [4.78, 5) is 12.3. The number of carbonyl (C=O) groups is 1. The van der Waals surface area contributed by atoms with Crippen molar-refractivity contribution in [3.8, 4) is 5.75 Å². The Hall–Kier alpha value is -2.49. The van der Waals surface area contributed by atoms with Crippen molar-refractivity contribution in [2.24, 2.45) is 0 Å². The fourth-order valence-electron chi connectivity index (χ4n) is 2.64. The fourth-order valence-corrected chi connectivity index (χ4v) is 2.64. The van der Waals surface area contributed by atoms with Gasteiger partial charge in [-0.2, -0.15) is 0 Å². The van der Waals surface area contributed by atoms with Crippen LogP contribution in [0.5, 0.6) is 5.75 Å². The first-order chi connectivity index (χ1) is 11.0. The molecule has 2 rings (SSSR count). The van der Waals surface area contributed by atoms with Crippen LogP contribution in [0.1, 0.15) is 36.1 Å². The molecule has 0 spiro atoms. The average Bonchev–Trinajstić information content (AvgIpc) is 2.53. The minimum atomic E-state index is -0.218. The highest BCUT2D eigenvalue weighted by atomic mass is 16.5. The number of ether oxygens (including phenoxy) is 1. The van der Waals surface area contributed by atoms with Gasteiger partial charge >= 0.3 is 6.03 Å². The SMILES string of the molecule is CCC(NC(=O)Nc1cccc(OC)c1)c1ccc(C)cc1C. The number of anilines is 1. The van der Waals surface area contributed by atoms with Crippen LogP contribution in [-0.2, 0) is 0 Å². The van der Waals surface area contributed by atoms with Crippen molar-refractivity contribution >= 4 is 11.7 Å². The lowest BCUT2D eigenvalue weighted by molar-refractivity contribution is 0.248. The van der Waals surface area contributed by atoms with Crippen molar-refractivity contribution in [3.05, 3.63) is 59.2 Å². The first kappa shape index (κ1) is 16.9. The van der Waals surface area contributed by atoms with Crippen LogP contribution in [0.15, 0.2) is 42.5 Å². The van der Waals surface area contributed by atoms with Gasteiger partial charge in [-0.25, -0.2) is 4.79 Å². The van der Waals surface area contributed by atoms with Gasteiger partial charge in [-0.1, -0.05) is 36.8 Å². The van der Waals surface area contributed by atoms with Gasteiger partial charge in [-0.3, -0.25) is 0 Å². The normalized spacial score (nSPS) is 11.7. The monoisotopic (exact) mass is 312 g/mol. The molecule has 23 heavy (non-hydrogen) atoms. The van der Waals surface area contributed by atoms with Crippen LogP contribution >= 0.6 is 0 Å². The van der Waals surface area contributed by atoms with E-state index in [9.17, 15) is 4.79 Å². The second kappa shape index (κ2) is 7.68. The first-order valence-electron chi connectivity index (χ1n) is 7.82. The maximum atomic E-state index is 12.3. The molecule has 4 nitrogen and oxygen atoms in total. The molecule has 2 amide bonds. The number of urea groups is 1. The molecule has 0 bridgehead atoms. The predicted molar refractivity (Wildman–Crippen MR) is 94.1 cm³/mol. The van der Waals surface area contributed by atoms with Crippen LogP contribution in [0, 0.1) is 13.8 Å². The Kier molecular flexibility index (Phi) is 5.63. The molecule has 0 heterocycles. The van der Waals surface area contributed by atoms with Crippen LogP contribution in [0.3, 0.4) is 0 Å². The lowest BCUT2D eigenvalue weighted by Gasteiger charge is -2.20. The molecule has 0 radical (unpaired) electrons. The van der Waals surface area contributed by atoms with Gasteiger partial charge in [-0.05, 0) is 43.5 Å². The Morgan fingerprint density at radius 2 is 1.96 bits per heavy atom. The third-order valence-electron chi connectivity index (χ3n) is 3.84. The summed E-state index contributed by atoms with van der Waals surface area (Å²) in [6.45, 7) is 6.21. The van der Waals surface area contributed by atoms with Gasteiger partial charge in [0, 0.05) is 11.8 Å². The van der Waals surface area contributed by atoms with Crippen LogP contribution in [0.25, 0.3) is 0 Å². The zero-order valence-electron chi connectivity index (χ0n) is 14.1. The number of hydrogen-bond acceptors (Lipinski definition) is 2. The van der Waals surface area contributed by atoms with Gasteiger partial charge in [0.05, 0.1) is 13.2 Å². The molecule has 0 saturated carbocycles. The van der Waals surface area contributed by atoms with E-state index in [1.165, 1.54) is 11.1 Å². The van der Waals surface area contributed by atoms with E-state index in [4.69, 9.17) is 4.74 Å². The molecular weight excluding hydrogens is 288 g/mol. The summed E-state index contributed by atoms with van der Waals surface area (Å²) in [5.74, 6) is 0.712. The number of aryl methyl sites for hydroxylation is 2. The van der Waals surface area contributed by atoms with E-state index in [1.807, 2.05) is 18.2 Å². The second-order valence-electron chi connectivity index (χ2n) is 5.65. The summed E-state index contributed by atoms with van der Waals surface area (Å²) in [6.07, 6.45) is 0.829. The number of carbonyl (C=O) groups excluding carboxylic acids is 1. The minimum absolute atomic E-state index is 0.0128. The van der Waals surface area contributed by atoms with E-state index in [0.29, 0.717) is 11.4 Å². The highest BCUT2D eigenvalue weighted by Gasteiger charge is 2.15. The third kappa shape index (κ3) is 4.49. The molecule has 1 unspecified atom stereocenters. The smallest absolute Gasteiger partial charge is 0.319 e. The van der Waals surface area contributed by atoms with Gasteiger partial charge in [-0.15, -0.1) is 0 Å². The molecule has 0 saturated heterocycles. The summed E-state index contributed by atoms with van der Waals surface area (Å²) in [5.41, 5.74) is 4.27. The van der Waals surface area contributed by atoms with Gasteiger partial charge < -0.3 is 15.4 Å². The summed E-state index contributed by atoms with van der Waals surface area (Å²) in [7, 11) is 1.60. The zero-order chi connectivity index (χ0) is 16.8. The Labute approximate surface area is 137 Å². The van der Waals surface area contributed by atoms with Crippen molar-refractivity contribution in [1.29, 1.82) is 0 Å². The maximum absolute atomic E-state index is 12.3. The van der Waals surface area contributed by atoms with Crippen molar-refractivity contribution in [2.75, 3.05) is 12.4 Å². The Balaban J connectivity index is 2.07. The first-order valence-corrected chi connectivity index (χ1v) is 7.82. The highest BCUT2D eigenvalue weighted by Crippen LogP contribution is 2.22. The molecule has 2 aromatic carbocycles. The predicted octanol–water partition coefficient (Wildman–Crippen LogP) is 4.58. The van der Waals surface area contributed by atoms with Crippen LogP contribution in [0.2, 0.25) is 0 Å². The zero-order valence-corrected chi connectivity index (χ0v) is 14.1. The second-order valence-corrected chi connectivity index (χ2v) is 5.65. The number of hydrogen-bond donors (Lipinski definition) is 2. The fraction of sp³-hybridized carbons (Fsp3) is 0.316. The van der Waals surface area contributed by atoms with Crippen LogP contribution in [-0.4, -0.2) is 13.1 Å². The standard InChI is InChI=1S/C19H24N2O2/c1-5-18(17-10-9-13(2)11-14(17)3)21-19(22)20-15-7-6-8-16(12-15)23-4/h6-12,18H,5H2,1-4H3,(H2,20,21,22). The van der Waals surface area contributed by atoms with Gasteiger partial charge in [0.2, 0.25) is 0 Å². The van der Waals surface area contributed by atoms with Crippen molar-refractivity contribution in [3.63, 3.8) is 0 Å². The molecule has 2 aromatic rings. The van der Waals surface area contributed by atoms with E-state index in [-0.39, 0.29) is 12.1 Å². The minimum Gasteiger partial charge on any atom is -0.497 e. The molecule has 0 aliphatic carbocycles. The summed E-state index contributed by atoms with van der Waals surface area (Å²) in [6, 6.07) is 13.4. The number of amides is 2. The molecule has 0 aliphatic heterocycles.